The zero-order valence-corrected chi connectivity index (χ0v) is 11.4. The molecule has 1 fully saturated rings. The van der Waals surface area contributed by atoms with Crippen molar-refractivity contribution in [1.29, 1.82) is 0 Å². The molecule has 1 saturated heterocycles. The van der Waals surface area contributed by atoms with Crippen LogP contribution in [0.4, 0.5) is 0 Å². The molecule has 1 atom stereocenters. The average Bonchev–Trinajstić information content (AvgIpc) is 2.69. The first-order valence-corrected chi connectivity index (χ1v) is 7.18. The highest BCUT2D eigenvalue weighted by molar-refractivity contribution is 4.85. The van der Waals surface area contributed by atoms with Crippen LogP contribution in [0.5, 0.6) is 0 Å². The van der Waals surface area contributed by atoms with E-state index in [0.29, 0.717) is 0 Å². The van der Waals surface area contributed by atoms with Crippen LogP contribution >= 0.6 is 0 Å². The Morgan fingerprint density at radius 2 is 1.88 bits per heavy atom. The highest BCUT2D eigenvalue weighted by Crippen LogP contribution is 2.32. The normalized spacial score (nSPS) is 26.4. The van der Waals surface area contributed by atoms with Gasteiger partial charge in [-0.2, -0.15) is 0 Å². The summed E-state index contributed by atoms with van der Waals surface area (Å²) in [5.41, 5.74) is 0.0871. The van der Waals surface area contributed by atoms with Crippen LogP contribution in [0.25, 0.3) is 0 Å². The molecule has 1 rings (SSSR count). The predicted octanol–water partition coefficient (Wildman–Crippen LogP) is 3.81. The van der Waals surface area contributed by atoms with Gasteiger partial charge in [0.2, 0.25) is 0 Å². The lowest BCUT2D eigenvalue weighted by atomic mass is 10.00. The highest BCUT2D eigenvalue weighted by atomic mass is 16.5. The van der Waals surface area contributed by atoms with Crippen LogP contribution < -0.4 is 0 Å². The van der Waals surface area contributed by atoms with Crippen LogP contribution in [0, 0.1) is 0 Å². The molecule has 1 aliphatic rings. The van der Waals surface area contributed by atoms with Crippen molar-refractivity contribution in [2.45, 2.75) is 71.4 Å². The molecular weight excluding hydrogens is 198 g/mol. The largest absolute Gasteiger partial charge is 0.359 e. The van der Waals surface area contributed by atoms with Crippen molar-refractivity contribution in [1.82, 2.24) is 4.90 Å². The predicted molar refractivity (Wildman–Crippen MR) is 69.6 cm³/mol. The zero-order valence-electron chi connectivity index (χ0n) is 11.4. The van der Waals surface area contributed by atoms with Crippen molar-refractivity contribution in [2.75, 3.05) is 19.7 Å². The first-order valence-electron chi connectivity index (χ1n) is 7.18. The Labute approximate surface area is 101 Å². The summed E-state index contributed by atoms with van der Waals surface area (Å²) in [5, 5.41) is 0. The maximum Gasteiger partial charge on any atom is 0.121 e. The summed E-state index contributed by atoms with van der Waals surface area (Å²) < 4.78 is 6.06. The summed E-state index contributed by atoms with van der Waals surface area (Å²) in [6.07, 6.45) is 8.97. The first-order chi connectivity index (χ1) is 7.79. The maximum absolute atomic E-state index is 6.06. The second kappa shape index (κ2) is 7.29. The molecule has 2 nitrogen and oxygen atoms in total. The van der Waals surface area contributed by atoms with Gasteiger partial charge in [-0.15, -0.1) is 0 Å². The number of rotatable bonds is 8. The molecule has 1 unspecified atom stereocenters. The van der Waals surface area contributed by atoms with Crippen molar-refractivity contribution in [3.05, 3.63) is 0 Å². The number of nitrogens with zero attached hydrogens (tertiary/aromatic N) is 1. The number of hydrogen-bond acceptors (Lipinski definition) is 2. The van der Waals surface area contributed by atoms with Crippen molar-refractivity contribution in [2.24, 2.45) is 0 Å². The van der Waals surface area contributed by atoms with Crippen LogP contribution in [0.1, 0.15) is 65.7 Å². The van der Waals surface area contributed by atoms with Gasteiger partial charge in [0.1, 0.15) is 5.72 Å². The third kappa shape index (κ3) is 3.46. The number of ether oxygens (including phenoxy) is 1. The van der Waals surface area contributed by atoms with Gasteiger partial charge in [0, 0.05) is 13.1 Å². The van der Waals surface area contributed by atoms with Crippen LogP contribution in [0.15, 0.2) is 0 Å². The van der Waals surface area contributed by atoms with E-state index in [1.165, 1.54) is 45.1 Å². The molecule has 0 aromatic carbocycles. The van der Waals surface area contributed by atoms with E-state index in [4.69, 9.17) is 4.74 Å². The quantitative estimate of drug-likeness (QED) is 0.585. The Kier molecular flexibility index (Phi) is 6.37. The Morgan fingerprint density at radius 1 is 1.06 bits per heavy atom. The molecule has 1 aliphatic heterocycles. The smallest absolute Gasteiger partial charge is 0.121 e. The van der Waals surface area contributed by atoms with Gasteiger partial charge in [0.15, 0.2) is 0 Å². The second-order valence-electron chi connectivity index (χ2n) is 4.95. The van der Waals surface area contributed by atoms with Crippen molar-refractivity contribution < 1.29 is 4.74 Å². The molecule has 0 amide bonds. The Bertz CT molecular complexity index is 184. The van der Waals surface area contributed by atoms with Gasteiger partial charge in [0.05, 0.1) is 6.61 Å². The van der Waals surface area contributed by atoms with Crippen molar-refractivity contribution in [3.8, 4) is 0 Å². The summed E-state index contributed by atoms with van der Waals surface area (Å²) >= 11 is 0. The fourth-order valence-corrected chi connectivity index (χ4v) is 2.79. The van der Waals surface area contributed by atoms with E-state index >= 15 is 0 Å². The molecule has 0 aromatic heterocycles. The van der Waals surface area contributed by atoms with E-state index in [2.05, 4.69) is 25.7 Å². The van der Waals surface area contributed by atoms with Gasteiger partial charge in [0.25, 0.3) is 0 Å². The number of unbranched alkanes of at least 4 members (excludes halogenated alkanes) is 3. The summed E-state index contributed by atoms with van der Waals surface area (Å²) in [6, 6.07) is 0. The minimum absolute atomic E-state index is 0.0871. The van der Waals surface area contributed by atoms with E-state index in [9.17, 15) is 0 Å². The molecule has 0 saturated carbocycles. The van der Waals surface area contributed by atoms with E-state index in [-0.39, 0.29) is 5.72 Å². The molecule has 0 radical (unpaired) electrons. The lowest BCUT2D eigenvalue weighted by Crippen LogP contribution is -2.44. The molecule has 1 heterocycles. The van der Waals surface area contributed by atoms with E-state index in [1.54, 1.807) is 0 Å². The Morgan fingerprint density at radius 3 is 2.50 bits per heavy atom. The first kappa shape index (κ1) is 14.0. The minimum atomic E-state index is 0.0871. The zero-order chi connectivity index (χ0) is 11.9. The molecule has 0 aromatic rings. The molecule has 0 aliphatic carbocycles. The van der Waals surface area contributed by atoms with Gasteiger partial charge >= 0.3 is 0 Å². The second-order valence-corrected chi connectivity index (χ2v) is 4.95. The molecule has 0 bridgehead atoms. The van der Waals surface area contributed by atoms with Gasteiger partial charge in [-0.3, -0.25) is 4.90 Å². The SMILES string of the molecule is CCCCCCC1(CC)OCCN1CCC. The van der Waals surface area contributed by atoms with Gasteiger partial charge in [-0.25, -0.2) is 0 Å². The fourth-order valence-electron chi connectivity index (χ4n) is 2.79. The Balaban J connectivity index is 2.41. The topological polar surface area (TPSA) is 12.5 Å². The molecule has 2 heteroatoms. The fraction of sp³-hybridized carbons (Fsp3) is 1.00. The Hall–Kier alpha value is -0.0800. The standard InChI is InChI=1S/C14H29NO/c1-4-7-8-9-10-14(6-3)15(11-5-2)12-13-16-14/h4-13H2,1-3H3. The highest BCUT2D eigenvalue weighted by Gasteiger charge is 2.39. The van der Waals surface area contributed by atoms with Crippen molar-refractivity contribution in [3.63, 3.8) is 0 Å². The third-order valence-electron chi connectivity index (χ3n) is 3.78. The average molecular weight is 227 g/mol. The van der Waals surface area contributed by atoms with Crippen molar-refractivity contribution >= 4 is 0 Å². The van der Waals surface area contributed by atoms with E-state index < -0.39 is 0 Å². The number of hydrogen-bond donors (Lipinski definition) is 0. The summed E-state index contributed by atoms with van der Waals surface area (Å²) in [6.45, 7) is 10.1. The van der Waals surface area contributed by atoms with E-state index in [0.717, 1.165) is 19.6 Å². The van der Waals surface area contributed by atoms with Crippen LogP contribution in [0.2, 0.25) is 0 Å². The monoisotopic (exact) mass is 227 g/mol. The summed E-state index contributed by atoms with van der Waals surface area (Å²) in [4.78, 5) is 2.57. The van der Waals surface area contributed by atoms with E-state index in [1.807, 2.05) is 0 Å². The third-order valence-corrected chi connectivity index (χ3v) is 3.78. The van der Waals surface area contributed by atoms with Crippen LogP contribution in [-0.2, 0) is 4.74 Å². The minimum Gasteiger partial charge on any atom is -0.359 e. The molecule has 0 spiro atoms. The summed E-state index contributed by atoms with van der Waals surface area (Å²) in [5.74, 6) is 0. The molecule has 0 N–H and O–H groups in total. The lowest BCUT2D eigenvalue weighted by Gasteiger charge is -2.36. The molecule has 96 valence electrons. The molecule has 16 heavy (non-hydrogen) atoms. The lowest BCUT2D eigenvalue weighted by molar-refractivity contribution is -0.0923. The van der Waals surface area contributed by atoms with Gasteiger partial charge in [-0.05, 0) is 25.7 Å². The van der Waals surface area contributed by atoms with Gasteiger partial charge in [-0.1, -0.05) is 40.0 Å². The maximum atomic E-state index is 6.06. The van der Waals surface area contributed by atoms with Gasteiger partial charge < -0.3 is 4.74 Å². The summed E-state index contributed by atoms with van der Waals surface area (Å²) in [7, 11) is 0. The van der Waals surface area contributed by atoms with Crippen LogP contribution in [-0.4, -0.2) is 30.3 Å². The molecular formula is C14H29NO. The van der Waals surface area contributed by atoms with Crippen LogP contribution in [0.3, 0.4) is 0 Å².